The molecule has 0 saturated carbocycles. The summed E-state index contributed by atoms with van der Waals surface area (Å²) in [6.45, 7) is 0.802. The Morgan fingerprint density at radius 1 is 1.17 bits per heavy atom. The average Bonchev–Trinajstić information content (AvgIpc) is 3.53. The number of aromatic nitrogens is 2. The van der Waals surface area contributed by atoms with E-state index in [0.717, 1.165) is 24.2 Å². The van der Waals surface area contributed by atoms with Crippen molar-refractivity contribution in [2.45, 2.75) is 18.9 Å². The Morgan fingerprint density at radius 3 is 2.83 bits per heavy atom. The zero-order valence-electron chi connectivity index (χ0n) is 16.3. The third kappa shape index (κ3) is 3.38. The van der Waals surface area contributed by atoms with Crippen LogP contribution in [-0.4, -0.2) is 41.5 Å². The van der Waals surface area contributed by atoms with Gasteiger partial charge in [-0.05, 0) is 49.2 Å². The van der Waals surface area contributed by atoms with Crippen LogP contribution in [0, 0.1) is 0 Å². The summed E-state index contributed by atoms with van der Waals surface area (Å²) in [4.78, 5) is 19.1. The van der Waals surface area contributed by atoms with E-state index in [1.165, 1.54) is 0 Å². The number of nitrogens with zero attached hydrogens (tertiary/aromatic N) is 3. The fourth-order valence-corrected chi connectivity index (χ4v) is 3.66. The lowest BCUT2D eigenvalue weighted by Crippen LogP contribution is -2.34. The fraction of sp³-hybridized carbons (Fsp3) is 0.286. The molecular weight excluding hydrogens is 388 g/mol. The van der Waals surface area contributed by atoms with Crippen LogP contribution in [-0.2, 0) is 0 Å². The van der Waals surface area contributed by atoms with Crippen LogP contribution in [0.25, 0.3) is 11.4 Å². The second-order valence-corrected chi connectivity index (χ2v) is 7.03. The van der Waals surface area contributed by atoms with E-state index >= 15 is 0 Å². The Hall–Kier alpha value is -3.75. The van der Waals surface area contributed by atoms with Crippen molar-refractivity contribution in [3.05, 3.63) is 48.4 Å². The highest BCUT2D eigenvalue weighted by atomic mass is 16.7. The Morgan fingerprint density at radius 2 is 2.00 bits per heavy atom. The molecule has 2 aliphatic rings. The maximum absolute atomic E-state index is 12.9. The summed E-state index contributed by atoms with van der Waals surface area (Å²) >= 11 is 0. The Balaban J connectivity index is 1.31. The third-order valence-corrected chi connectivity index (χ3v) is 5.21. The summed E-state index contributed by atoms with van der Waals surface area (Å²) < 4.78 is 21.3. The van der Waals surface area contributed by atoms with Crippen LogP contribution in [0.2, 0.25) is 0 Å². The number of hydrogen-bond donors (Lipinski definition) is 1. The Labute approximate surface area is 172 Å². The number of benzene rings is 2. The van der Waals surface area contributed by atoms with Crippen LogP contribution in [0.1, 0.15) is 24.8 Å². The van der Waals surface area contributed by atoms with Crippen molar-refractivity contribution in [3.8, 4) is 28.6 Å². The van der Waals surface area contributed by atoms with Crippen molar-refractivity contribution in [2.24, 2.45) is 0 Å². The summed E-state index contributed by atoms with van der Waals surface area (Å²) in [6.07, 6.45) is 1.62. The van der Waals surface area contributed by atoms with Gasteiger partial charge < -0.3 is 29.0 Å². The highest BCUT2D eigenvalue weighted by molar-refractivity contribution is 5.90. The van der Waals surface area contributed by atoms with Crippen LogP contribution >= 0.6 is 0 Å². The lowest BCUT2D eigenvalue weighted by atomic mass is 10.2. The van der Waals surface area contributed by atoms with E-state index in [1.807, 2.05) is 24.3 Å². The normalized spacial score (nSPS) is 17.2. The third-order valence-electron chi connectivity index (χ3n) is 5.21. The Bertz CT molecular complexity index is 1070. The molecule has 9 nitrogen and oxygen atoms in total. The molecule has 0 unspecified atom stereocenters. The summed E-state index contributed by atoms with van der Waals surface area (Å²) in [5, 5.41) is 7.00. The molecule has 1 N–H and O–H groups in total. The van der Waals surface area contributed by atoms with Crippen LogP contribution in [0.3, 0.4) is 0 Å². The molecule has 154 valence electrons. The van der Waals surface area contributed by atoms with Gasteiger partial charge in [-0.1, -0.05) is 5.16 Å². The van der Waals surface area contributed by atoms with Crippen LogP contribution in [0.15, 0.2) is 47.0 Å². The minimum Gasteiger partial charge on any atom is -0.497 e. The first-order chi connectivity index (χ1) is 14.7. The molecule has 2 aliphatic heterocycles. The number of methoxy groups -OCH3 is 1. The second kappa shape index (κ2) is 7.58. The molecule has 9 heteroatoms. The highest BCUT2D eigenvalue weighted by Gasteiger charge is 2.34. The van der Waals surface area contributed by atoms with Gasteiger partial charge >= 0.3 is 6.03 Å². The first-order valence-electron chi connectivity index (χ1n) is 9.66. The number of likely N-dealkylation sites (tertiary alicyclic amines) is 1. The van der Waals surface area contributed by atoms with E-state index in [-0.39, 0.29) is 18.9 Å². The van der Waals surface area contributed by atoms with Gasteiger partial charge in [0.15, 0.2) is 11.5 Å². The largest absolute Gasteiger partial charge is 0.497 e. The van der Waals surface area contributed by atoms with Crippen molar-refractivity contribution in [3.63, 3.8) is 0 Å². The molecule has 0 radical (unpaired) electrons. The van der Waals surface area contributed by atoms with Gasteiger partial charge in [0.05, 0.1) is 7.11 Å². The fourth-order valence-electron chi connectivity index (χ4n) is 3.66. The first kappa shape index (κ1) is 18.3. The number of rotatable bonds is 4. The predicted molar refractivity (Wildman–Crippen MR) is 107 cm³/mol. The Kier molecular flexibility index (Phi) is 4.62. The van der Waals surface area contributed by atoms with Crippen LogP contribution in [0.5, 0.6) is 17.2 Å². The van der Waals surface area contributed by atoms with Gasteiger partial charge in [-0.3, -0.25) is 0 Å². The maximum Gasteiger partial charge on any atom is 0.322 e. The lowest BCUT2D eigenvalue weighted by Gasteiger charge is -2.22. The minimum absolute atomic E-state index is 0.189. The molecule has 1 aromatic heterocycles. The minimum atomic E-state index is -0.265. The van der Waals surface area contributed by atoms with E-state index in [4.69, 9.17) is 18.7 Å². The van der Waals surface area contributed by atoms with Gasteiger partial charge in [0.1, 0.15) is 11.8 Å². The zero-order chi connectivity index (χ0) is 20.5. The van der Waals surface area contributed by atoms with Crippen LogP contribution in [0.4, 0.5) is 10.5 Å². The van der Waals surface area contributed by atoms with Crippen LogP contribution < -0.4 is 19.5 Å². The van der Waals surface area contributed by atoms with E-state index in [2.05, 4.69) is 15.5 Å². The number of carbonyl (C=O) groups is 1. The smallest absolute Gasteiger partial charge is 0.322 e. The number of nitrogens with one attached hydrogen (secondary N) is 1. The van der Waals surface area contributed by atoms with E-state index < -0.39 is 0 Å². The van der Waals surface area contributed by atoms with E-state index in [0.29, 0.717) is 35.4 Å². The van der Waals surface area contributed by atoms with Gasteiger partial charge in [0, 0.05) is 23.9 Å². The molecule has 0 spiro atoms. The SMILES string of the molecule is COc1ccc(-c2noc([C@H]3CCCN3C(=O)Nc3ccc4c(c3)OCO4)n2)cc1. The lowest BCUT2D eigenvalue weighted by molar-refractivity contribution is 0.174. The highest BCUT2D eigenvalue weighted by Crippen LogP contribution is 2.36. The van der Waals surface area contributed by atoms with E-state index in [9.17, 15) is 4.79 Å². The summed E-state index contributed by atoms with van der Waals surface area (Å²) in [5.41, 5.74) is 1.46. The predicted octanol–water partition coefficient (Wildman–Crippen LogP) is 3.84. The number of carbonyl (C=O) groups excluding carboxylic acids is 1. The van der Waals surface area contributed by atoms with Gasteiger partial charge in [-0.25, -0.2) is 4.79 Å². The molecule has 2 amide bonds. The molecule has 30 heavy (non-hydrogen) atoms. The number of ether oxygens (including phenoxy) is 3. The number of anilines is 1. The molecule has 0 aliphatic carbocycles. The molecule has 5 rings (SSSR count). The topological polar surface area (TPSA) is 99.0 Å². The van der Waals surface area contributed by atoms with Gasteiger partial charge in [-0.2, -0.15) is 4.98 Å². The van der Waals surface area contributed by atoms with Gasteiger partial charge in [-0.15, -0.1) is 0 Å². The molecule has 1 atom stereocenters. The standard InChI is InChI=1S/C21H20N4O5/c1-27-15-7-4-13(5-8-15)19-23-20(30-24-19)16-3-2-10-25(16)21(26)22-14-6-9-17-18(11-14)29-12-28-17/h4-9,11,16H,2-3,10,12H2,1H3,(H,22,26)/t16-/m1/s1. The van der Waals surface area contributed by atoms with Crippen molar-refractivity contribution in [1.82, 2.24) is 15.0 Å². The first-order valence-corrected chi connectivity index (χ1v) is 9.66. The zero-order valence-corrected chi connectivity index (χ0v) is 16.3. The van der Waals surface area contributed by atoms with Gasteiger partial charge in [0.2, 0.25) is 18.5 Å². The quantitative estimate of drug-likeness (QED) is 0.700. The molecule has 3 aromatic rings. The number of hydrogen-bond acceptors (Lipinski definition) is 7. The molecular formula is C21H20N4O5. The van der Waals surface area contributed by atoms with E-state index in [1.54, 1.807) is 30.2 Å². The van der Waals surface area contributed by atoms with Crippen molar-refractivity contribution >= 4 is 11.7 Å². The van der Waals surface area contributed by atoms with Crippen molar-refractivity contribution in [1.29, 1.82) is 0 Å². The second-order valence-electron chi connectivity index (χ2n) is 7.03. The molecule has 3 heterocycles. The van der Waals surface area contributed by atoms with Crippen molar-refractivity contribution in [2.75, 3.05) is 25.8 Å². The summed E-state index contributed by atoms with van der Waals surface area (Å²) in [6, 6.07) is 12.2. The number of amides is 2. The number of urea groups is 1. The molecule has 1 fully saturated rings. The molecule has 1 saturated heterocycles. The monoisotopic (exact) mass is 408 g/mol. The summed E-state index contributed by atoms with van der Waals surface area (Å²) in [7, 11) is 1.62. The summed E-state index contributed by atoms with van der Waals surface area (Å²) in [5.74, 6) is 2.95. The molecule has 0 bridgehead atoms. The average molecular weight is 408 g/mol. The molecule has 2 aromatic carbocycles. The number of fused-ring (bicyclic) bond motifs is 1. The maximum atomic E-state index is 12.9. The van der Waals surface area contributed by atoms with Gasteiger partial charge in [0.25, 0.3) is 0 Å². The van der Waals surface area contributed by atoms with Crippen molar-refractivity contribution < 1.29 is 23.5 Å².